The van der Waals surface area contributed by atoms with E-state index in [0.29, 0.717) is 17.2 Å². The molecule has 0 aliphatic rings. The molecule has 0 saturated carbocycles. The van der Waals surface area contributed by atoms with E-state index < -0.39 is 0 Å². The molecular formula is C16H17N5O. The second kappa shape index (κ2) is 7.18. The van der Waals surface area contributed by atoms with E-state index in [1.165, 1.54) is 0 Å². The summed E-state index contributed by atoms with van der Waals surface area (Å²) in [4.78, 5) is 22.7. The number of carbonyl (C=O) groups is 1. The first-order valence-electron chi connectivity index (χ1n) is 7.08. The summed E-state index contributed by atoms with van der Waals surface area (Å²) in [6.07, 6.45) is 1.56. The molecule has 1 N–H and O–H groups in total. The Balaban J connectivity index is 2.23. The molecule has 112 valence electrons. The average Bonchev–Trinajstić information content (AvgIpc) is 2.57. The molecule has 2 rings (SSSR count). The van der Waals surface area contributed by atoms with Gasteiger partial charge in [0.05, 0.1) is 11.3 Å². The molecule has 1 heterocycles. The Hall–Kier alpha value is -2.94. The van der Waals surface area contributed by atoms with Crippen LogP contribution in [0.1, 0.15) is 29.9 Å². The van der Waals surface area contributed by atoms with Crippen molar-refractivity contribution in [3.63, 3.8) is 0 Å². The quantitative estimate of drug-likeness (QED) is 0.916. The molecule has 0 aliphatic heterocycles. The molecule has 0 aliphatic carbocycles. The van der Waals surface area contributed by atoms with Crippen LogP contribution in [0.5, 0.6) is 0 Å². The number of aromatic nitrogens is 2. The standard InChI is InChI=1S/C16H17N5O/c1-3-21(4-2)16-18-10-9-14(20-16)15(22)19-13-8-6-5-7-12(13)11-17/h5-10H,3-4H2,1-2H3,(H,19,22). The zero-order valence-electron chi connectivity index (χ0n) is 12.6. The predicted octanol–water partition coefficient (Wildman–Crippen LogP) is 2.45. The third-order valence-corrected chi connectivity index (χ3v) is 3.22. The fraction of sp³-hybridized carbons (Fsp3) is 0.250. The number of carbonyl (C=O) groups excluding carboxylic acids is 1. The molecule has 1 aromatic heterocycles. The highest BCUT2D eigenvalue weighted by Crippen LogP contribution is 2.15. The minimum Gasteiger partial charge on any atom is -0.341 e. The fourth-order valence-electron chi connectivity index (χ4n) is 2.01. The van der Waals surface area contributed by atoms with Gasteiger partial charge in [0.1, 0.15) is 11.8 Å². The number of nitrogens with one attached hydrogen (secondary N) is 1. The molecule has 0 spiro atoms. The molecule has 1 amide bonds. The summed E-state index contributed by atoms with van der Waals surface area (Å²) < 4.78 is 0. The van der Waals surface area contributed by atoms with Gasteiger partial charge < -0.3 is 10.2 Å². The van der Waals surface area contributed by atoms with E-state index in [2.05, 4.69) is 15.3 Å². The van der Waals surface area contributed by atoms with Crippen molar-refractivity contribution in [3.8, 4) is 6.07 Å². The van der Waals surface area contributed by atoms with Gasteiger partial charge in [-0.15, -0.1) is 0 Å². The fourth-order valence-corrected chi connectivity index (χ4v) is 2.01. The van der Waals surface area contributed by atoms with Gasteiger partial charge in [-0.05, 0) is 32.0 Å². The smallest absolute Gasteiger partial charge is 0.274 e. The van der Waals surface area contributed by atoms with Crippen molar-refractivity contribution in [2.75, 3.05) is 23.3 Å². The molecule has 0 unspecified atom stereocenters. The van der Waals surface area contributed by atoms with Crippen molar-refractivity contribution >= 4 is 17.5 Å². The van der Waals surface area contributed by atoms with Crippen LogP contribution in [-0.4, -0.2) is 29.0 Å². The molecule has 22 heavy (non-hydrogen) atoms. The van der Waals surface area contributed by atoms with Crippen LogP contribution >= 0.6 is 0 Å². The predicted molar refractivity (Wildman–Crippen MR) is 84.7 cm³/mol. The number of hydrogen-bond donors (Lipinski definition) is 1. The SMILES string of the molecule is CCN(CC)c1nccc(C(=O)Nc2ccccc2C#N)n1. The molecular weight excluding hydrogens is 278 g/mol. The normalized spacial score (nSPS) is 9.86. The highest BCUT2D eigenvalue weighted by molar-refractivity contribution is 6.03. The van der Waals surface area contributed by atoms with Gasteiger partial charge in [0, 0.05) is 19.3 Å². The summed E-state index contributed by atoms with van der Waals surface area (Å²) >= 11 is 0. The minimum atomic E-state index is -0.362. The van der Waals surface area contributed by atoms with Crippen molar-refractivity contribution < 1.29 is 4.79 Å². The van der Waals surface area contributed by atoms with Crippen LogP contribution in [0.2, 0.25) is 0 Å². The maximum atomic E-state index is 12.3. The highest BCUT2D eigenvalue weighted by Gasteiger charge is 2.13. The first kappa shape index (κ1) is 15.4. The van der Waals surface area contributed by atoms with Gasteiger partial charge >= 0.3 is 0 Å². The Labute approximate surface area is 129 Å². The number of amides is 1. The maximum Gasteiger partial charge on any atom is 0.274 e. The minimum absolute atomic E-state index is 0.268. The van der Waals surface area contributed by atoms with Gasteiger partial charge in [-0.25, -0.2) is 9.97 Å². The summed E-state index contributed by atoms with van der Waals surface area (Å²) in [6, 6.07) is 10.4. The first-order valence-corrected chi connectivity index (χ1v) is 7.08. The van der Waals surface area contributed by atoms with Crippen LogP contribution < -0.4 is 10.2 Å². The third-order valence-electron chi connectivity index (χ3n) is 3.22. The van der Waals surface area contributed by atoms with Crippen molar-refractivity contribution in [2.45, 2.75) is 13.8 Å². The van der Waals surface area contributed by atoms with E-state index in [-0.39, 0.29) is 11.6 Å². The topological polar surface area (TPSA) is 81.9 Å². The van der Waals surface area contributed by atoms with Crippen molar-refractivity contribution in [2.24, 2.45) is 0 Å². The van der Waals surface area contributed by atoms with Gasteiger partial charge in [-0.2, -0.15) is 5.26 Å². The third kappa shape index (κ3) is 3.38. The van der Waals surface area contributed by atoms with Crippen LogP contribution in [0.25, 0.3) is 0 Å². The molecule has 0 fully saturated rings. The summed E-state index contributed by atoms with van der Waals surface area (Å²) in [5.41, 5.74) is 1.15. The van der Waals surface area contributed by atoms with Crippen LogP contribution in [0, 0.1) is 11.3 Å². The van der Waals surface area contributed by atoms with E-state index in [9.17, 15) is 4.79 Å². The molecule has 6 heteroatoms. The number of anilines is 2. The van der Waals surface area contributed by atoms with Gasteiger partial charge in [0.25, 0.3) is 5.91 Å². The van der Waals surface area contributed by atoms with Crippen LogP contribution in [0.4, 0.5) is 11.6 Å². The van der Waals surface area contributed by atoms with Gasteiger partial charge in [-0.3, -0.25) is 4.79 Å². The Kier molecular flexibility index (Phi) is 5.04. The van der Waals surface area contributed by atoms with E-state index in [1.807, 2.05) is 24.8 Å². The Morgan fingerprint density at radius 1 is 1.27 bits per heavy atom. The number of rotatable bonds is 5. The summed E-state index contributed by atoms with van der Waals surface area (Å²) in [5.74, 6) is 0.157. The highest BCUT2D eigenvalue weighted by atomic mass is 16.1. The van der Waals surface area contributed by atoms with Crippen LogP contribution in [0.15, 0.2) is 36.5 Å². The Morgan fingerprint density at radius 2 is 2.00 bits per heavy atom. The first-order chi connectivity index (χ1) is 10.7. The summed E-state index contributed by atoms with van der Waals surface area (Å²) in [7, 11) is 0. The second-order valence-corrected chi connectivity index (χ2v) is 4.53. The van der Waals surface area contributed by atoms with Crippen LogP contribution in [0.3, 0.4) is 0 Å². The largest absolute Gasteiger partial charge is 0.341 e. The lowest BCUT2D eigenvalue weighted by molar-refractivity contribution is 0.102. The Bertz CT molecular complexity index is 704. The van der Waals surface area contributed by atoms with Gasteiger partial charge in [0.2, 0.25) is 5.95 Å². The number of hydrogen-bond acceptors (Lipinski definition) is 5. The zero-order valence-corrected chi connectivity index (χ0v) is 12.6. The number of para-hydroxylation sites is 1. The molecule has 6 nitrogen and oxygen atoms in total. The van der Waals surface area contributed by atoms with Crippen molar-refractivity contribution in [1.29, 1.82) is 5.26 Å². The lowest BCUT2D eigenvalue weighted by atomic mass is 10.2. The van der Waals surface area contributed by atoms with Crippen molar-refractivity contribution in [3.05, 3.63) is 47.8 Å². The van der Waals surface area contributed by atoms with E-state index in [4.69, 9.17) is 5.26 Å². The maximum absolute atomic E-state index is 12.3. The molecule has 0 bridgehead atoms. The van der Waals surface area contributed by atoms with Gasteiger partial charge in [-0.1, -0.05) is 12.1 Å². The van der Waals surface area contributed by atoms with Gasteiger partial charge in [0.15, 0.2) is 0 Å². The molecule has 0 atom stereocenters. The number of benzene rings is 1. The Morgan fingerprint density at radius 3 is 2.68 bits per heavy atom. The molecule has 0 radical (unpaired) electrons. The lowest BCUT2D eigenvalue weighted by Gasteiger charge is -2.18. The zero-order chi connectivity index (χ0) is 15.9. The van der Waals surface area contributed by atoms with E-state index >= 15 is 0 Å². The second-order valence-electron chi connectivity index (χ2n) is 4.53. The van der Waals surface area contributed by atoms with E-state index in [1.54, 1.807) is 36.5 Å². The number of nitriles is 1. The summed E-state index contributed by atoms with van der Waals surface area (Å²) in [5, 5.41) is 11.8. The van der Waals surface area contributed by atoms with Crippen LogP contribution in [-0.2, 0) is 0 Å². The monoisotopic (exact) mass is 295 g/mol. The molecule has 2 aromatic rings. The van der Waals surface area contributed by atoms with Crippen molar-refractivity contribution in [1.82, 2.24) is 9.97 Å². The summed E-state index contributed by atoms with van der Waals surface area (Å²) in [6.45, 7) is 5.53. The molecule has 0 saturated heterocycles. The lowest BCUT2D eigenvalue weighted by Crippen LogP contribution is -2.25. The molecule has 1 aromatic carbocycles. The average molecular weight is 295 g/mol. The van der Waals surface area contributed by atoms with E-state index in [0.717, 1.165) is 13.1 Å². The number of nitrogens with zero attached hydrogens (tertiary/aromatic N) is 4.